The van der Waals surface area contributed by atoms with Gasteiger partial charge < -0.3 is 14.6 Å². The van der Waals surface area contributed by atoms with Crippen molar-refractivity contribution >= 4 is 0 Å². The van der Waals surface area contributed by atoms with Crippen LogP contribution in [0.3, 0.4) is 0 Å². The summed E-state index contributed by atoms with van der Waals surface area (Å²) in [6.07, 6.45) is 0.229. The lowest BCUT2D eigenvalue weighted by Crippen LogP contribution is -2.48. The Morgan fingerprint density at radius 2 is 2.00 bits per heavy atom. The minimum absolute atomic E-state index is 0.0226. The Bertz CT molecular complexity index is 621. The number of hydrogen-bond acceptors (Lipinski definition) is 5. The van der Waals surface area contributed by atoms with Gasteiger partial charge in [0.15, 0.2) is 0 Å². The van der Waals surface area contributed by atoms with Gasteiger partial charge >= 0.3 is 0 Å². The lowest BCUT2D eigenvalue weighted by Gasteiger charge is -2.36. The molecule has 2 saturated heterocycles. The molecule has 0 bridgehead atoms. The molecule has 0 aromatic heterocycles. The fraction of sp³-hybridized carbons (Fsp3) is 0.714. The van der Waals surface area contributed by atoms with E-state index in [1.54, 1.807) is 4.90 Å². The third kappa shape index (κ3) is 6.65. The molecule has 1 aromatic rings. The first-order valence-electron chi connectivity index (χ1n) is 10.2. The Morgan fingerprint density at radius 1 is 1.25 bits per heavy atom. The van der Waals surface area contributed by atoms with Gasteiger partial charge in [-0.1, -0.05) is 12.1 Å². The van der Waals surface area contributed by atoms with Gasteiger partial charge in [-0.05, 0) is 44.5 Å². The minimum atomic E-state index is -2.59. The van der Waals surface area contributed by atoms with Crippen LogP contribution in [0.15, 0.2) is 24.3 Å². The molecule has 2 heterocycles. The second-order valence-electron chi connectivity index (χ2n) is 8.26. The molecule has 0 aliphatic carbocycles. The Kier molecular flexibility index (Phi) is 7.25. The van der Waals surface area contributed by atoms with E-state index >= 15 is 0 Å². The van der Waals surface area contributed by atoms with Crippen molar-refractivity contribution in [1.82, 2.24) is 9.80 Å². The third-order valence-electron chi connectivity index (χ3n) is 5.18. The summed E-state index contributed by atoms with van der Waals surface area (Å²) in [5, 5.41) is 10.3. The van der Waals surface area contributed by atoms with Crippen molar-refractivity contribution in [3.8, 4) is 5.75 Å². The predicted molar refractivity (Wildman–Crippen MR) is 104 cm³/mol. The highest BCUT2D eigenvalue weighted by Crippen LogP contribution is 2.27. The molecule has 3 rings (SSSR count). The van der Waals surface area contributed by atoms with Crippen LogP contribution in [0.5, 0.6) is 5.75 Å². The van der Waals surface area contributed by atoms with Crippen molar-refractivity contribution in [2.45, 2.75) is 57.5 Å². The van der Waals surface area contributed by atoms with E-state index in [0.717, 1.165) is 18.7 Å². The van der Waals surface area contributed by atoms with Crippen LogP contribution in [0.2, 0.25) is 0 Å². The van der Waals surface area contributed by atoms with Crippen LogP contribution >= 0.6 is 0 Å². The van der Waals surface area contributed by atoms with E-state index in [1.165, 1.54) is 0 Å². The van der Waals surface area contributed by atoms with Gasteiger partial charge in [0.25, 0.3) is 5.92 Å². The van der Waals surface area contributed by atoms with E-state index in [4.69, 9.17) is 9.47 Å². The lowest BCUT2D eigenvalue weighted by atomic mass is 10.1. The first-order valence-corrected chi connectivity index (χ1v) is 10.2. The Morgan fingerprint density at radius 3 is 2.71 bits per heavy atom. The number of rotatable bonds is 7. The molecule has 1 unspecified atom stereocenters. The van der Waals surface area contributed by atoms with Gasteiger partial charge in [-0.3, -0.25) is 9.80 Å². The topological polar surface area (TPSA) is 45.2 Å². The van der Waals surface area contributed by atoms with Crippen molar-refractivity contribution in [3.05, 3.63) is 29.8 Å². The number of ether oxygens (including phenoxy) is 2. The maximum absolute atomic E-state index is 13.6. The molecule has 3 atom stereocenters. The summed E-state index contributed by atoms with van der Waals surface area (Å²) in [5.74, 6) is -1.94. The van der Waals surface area contributed by atoms with Crippen molar-refractivity contribution in [1.29, 1.82) is 0 Å². The van der Waals surface area contributed by atoms with Crippen LogP contribution in [0.4, 0.5) is 8.78 Å². The molecule has 2 aliphatic rings. The first-order chi connectivity index (χ1) is 13.3. The molecule has 0 radical (unpaired) electrons. The molecular weight excluding hydrogens is 366 g/mol. The summed E-state index contributed by atoms with van der Waals surface area (Å²) in [5.41, 5.74) is 0.945. The zero-order valence-corrected chi connectivity index (χ0v) is 16.8. The monoisotopic (exact) mass is 398 g/mol. The standard InChI is InChI=1S/C21H32F2N2O3/c1-16-10-25(11-17(2)28-16)13-19(26)14-27-20-6-3-5-18(9-20)12-24-8-4-7-21(22,23)15-24/h3,5-6,9,16-17,19,26H,4,7-8,10-15H2,1-2H3/t16-,17+,19?. The number of piperidine rings is 1. The van der Waals surface area contributed by atoms with E-state index < -0.39 is 12.0 Å². The van der Waals surface area contributed by atoms with E-state index in [-0.39, 0.29) is 31.8 Å². The molecule has 1 N–H and O–H groups in total. The largest absolute Gasteiger partial charge is 0.491 e. The molecule has 7 heteroatoms. The average Bonchev–Trinajstić information content (AvgIpc) is 2.58. The SMILES string of the molecule is C[C@@H]1CN(CC(O)COc2cccc(CN3CCCC(F)(F)C3)c2)C[C@H](C)O1. The summed E-state index contributed by atoms with van der Waals surface area (Å²) in [4.78, 5) is 3.98. The van der Waals surface area contributed by atoms with E-state index in [9.17, 15) is 13.9 Å². The summed E-state index contributed by atoms with van der Waals surface area (Å²) >= 11 is 0. The Hall–Kier alpha value is -1.28. The highest BCUT2D eigenvalue weighted by Gasteiger charge is 2.34. The molecule has 2 fully saturated rings. The molecule has 28 heavy (non-hydrogen) atoms. The van der Waals surface area contributed by atoms with Crippen molar-refractivity contribution < 1.29 is 23.4 Å². The zero-order chi connectivity index (χ0) is 20.1. The van der Waals surface area contributed by atoms with Crippen molar-refractivity contribution in [2.24, 2.45) is 0 Å². The second-order valence-corrected chi connectivity index (χ2v) is 8.26. The number of benzene rings is 1. The van der Waals surface area contributed by atoms with Crippen LogP contribution in [-0.4, -0.2) is 78.5 Å². The molecule has 0 saturated carbocycles. The van der Waals surface area contributed by atoms with Gasteiger partial charge in [-0.2, -0.15) is 0 Å². The van der Waals surface area contributed by atoms with Gasteiger partial charge in [-0.15, -0.1) is 0 Å². The molecule has 5 nitrogen and oxygen atoms in total. The van der Waals surface area contributed by atoms with Crippen molar-refractivity contribution in [3.63, 3.8) is 0 Å². The number of aliphatic hydroxyl groups is 1. The van der Waals surface area contributed by atoms with E-state index in [1.807, 2.05) is 38.1 Å². The maximum Gasteiger partial charge on any atom is 0.260 e. The molecule has 0 amide bonds. The zero-order valence-electron chi connectivity index (χ0n) is 16.8. The summed E-state index contributed by atoms with van der Waals surface area (Å²) < 4.78 is 38.6. The van der Waals surface area contributed by atoms with Crippen LogP contribution in [0, 0.1) is 0 Å². The van der Waals surface area contributed by atoms with E-state index in [0.29, 0.717) is 31.8 Å². The normalized spacial score (nSPS) is 27.5. The number of aliphatic hydroxyl groups excluding tert-OH is 1. The first kappa shape index (κ1) is 21.4. The summed E-state index contributed by atoms with van der Waals surface area (Å²) in [7, 11) is 0. The lowest BCUT2D eigenvalue weighted by molar-refractivity contribution is -0.0787. The van der Waals surface area contributed by atoms with Crippen LogP contribution in [0.1, 0.15) is 32.3 Å². The van der Waals surface area contributed by atoms with Gasteiger partial charge in [0.05, 0.1) is 18.8 Å². The van der Waals surface area contributed by atoms with Crippen molar-refractivity contribution in [2.75, 3.05) is 39.3 Å². The van der Waals surface area contributed by atoms with Gasteiger partial charge in [0, 0.05) is 32.6 Å². The van der Waals surface area contributed by atoms with Gasteiger partial charge in [-0.25, -0.2) is 8.78 Å². The second kappa shape index (κ2) is 9.48. The number of alkyl halides is 2. The van der Waals surface area contributed by atoms with Crippen LogP contribution < -0.4 is 4.74 Å². The fourth-order valence-corrected chi connectivity index (χ4v) is 4.15. The highest BCUT2D eigenvalue weighted by molar-refractivity contribution is 5.28. The Balaban J connectivity index is 1.46. The predicted octanol–water partition coefficient (Wildman–Crippen LogP) is 2.77. The summed E-state index contributed by atoms with van der Waals surface area (Å²) in [6.45, 7) is 7.41. The average molecular weight is 398 g/mol. The molecule has 1 aromatic carbocycles. The minimum Gasteiger partial charge on any atom is -0.491 e. The number of β-amino-alcohol motifs (C(OH)–C–C–N with tert-alkyl or cyclic N) is 1. The summed E-state index contributed by atoms with van der Waals surface area (Å²) in [6, 6.07) is 7.50. The number of morpholine rings is 1. The quantitative estimate of drug-likeness (QED) is 0.765. The molecule has 2 aliphatic heterocycles. The molecular formula is C21H32F2N2O3. The van der Waals surface area contributed by atoms with Crippen LogP contribution in [0.25, 0.3) is 0 Å². The smallest absolute Gasteiger partial charge is 0.260 e. The Labute approximate surface area is 166 Å². The maximum atomic E-state index is 13.6. The van der Waals surface area contributed by atoms with Gasteiger partial charge in [0.1, 0.15) is 18.5 Å². The molecule has 158 valence electrons. The van der Waals surface area contributed by atoms with E-state index in [2.05, 4.69) is 4.90 Å². The van der Waals surface area contributed by atoms with Crippen LogP contribution in [-0.2, 0) is 11.3 Å². The fourth-order valence-electron chi connectivity index (χ4n) is 4.15. The number of likely N-dealkylation sites (tertiary alicyclic amines) is 1. The third-order valence-corrected chi connectivity index (χ3v) is 5.18. The number of halogens is 2. The number of hydrogen-bond donors (Lipinski definition) is 1. The molecule has 0 spiro atoms. The van der Waals surface area contributed by atoms with Gasteiger partial charge in [0.2, 0.25) is 0 Å². The number of nitrogens with zero attached hydrogens (tertiary/aromatic N) is 2. The highest BCUT2D eigenvalue weighted by atomic mass is 19.3.